The lowest BCUT2D eigenvalue weighted by Gasteiger charge is -2.07. The van der Waals surface area contributed by atoms with Gasteiger partial charge in [-0.25, -0.2) is 0 Å². The van der Waals surface area contributed by atoms with Crippen molar-refractivity contribution in [2.75, 3.05) is 0 Å². The van der Waals surface area contributed by atoms with E-state index in [1.165, 1.54) is 0 Å². The van der Waals surface area contributed by atoms with Crippen molar-refractivity contribution >= 4 is 15.9 Å². The maximum absolute atomic E-state index is 5.75. The van der Waals surface area contributed by atoms with Crippen LogP contribution in [0.5, 0.6) is 0 Å². The molecule has 0 amide bonds. The molecule has 0 bridgehead atoms. The van der Waals surface area contributed by atoms with Gasteiger partial charge < -0.3 is 5.73 Å². The molecule has 0 spiro atoms. The molecule has 11 heavy (non-hydrogen) atoms. The molecule has 1 atom stereocenters. The van der Waals surface area contributed by atoms with Gasteiger partial charge in [-0.15, -0.1) is 6.58 Å². The molecule has 0 aromatic heterocycles. The third kappa shape index (κ3) is 1.91. The Morgan fingerprint density at radius 2 is 2.09 bits per heavy atom. The quantitative estimate of drug-likeness (QED) is 0.749. The highest BCUT2D eigenvalue weighted by molar-refractivity contribution is 9.10. The topological polar surface area (TPSA) is 26.0 Å². The Labute approximate surface area is 75.0 Å². The fourth-order valence-electron chi connectivity index (χ4n) is 0.872. The largest absolute Gasteiger partial charge is 0.321 e. The first-order valence-corrected chi connectivity index (χ1v) is 4.17. The minimum atomic E-state index is -0.0782. The van der Waals surface area contributed by atoms with Crippen LogP contribution < -0.4 is 5.73 Å². The first-order valence-electron chi connectivity index (χ1n) is 3.38. The first kappa shape index (κ1) is 8.50. The van der Waals surface area contributed by atoms with Crippen molar-refractivity contribution in [1.82, 2.24) is 0 Å². The summed E-state index contributed by atoms with van der Waals surface area (Å²) in [6, 6.07) is 7.80. The van der Waals surface area contributed by atoms with E-state index < -0.39 is 0 Å². The molecule has 0 aliphatic carbocycles. The van der Waals surface area contributed by atoms with Crippen LogP contribution in [0.25, 0.3) is 0 Å². The Hall–Kier alpha value is -0.600. The second-order valence-electron chi connectivity index (χ2n) is 2.28. The van der Waals surface area contributed by atoms with Crippen LogP contribution in [-0.2, 0) is 0 Å². The van der Waals surface area contributed by atoms with Crippen LogP contribution in [0.1, 0.15) is 11.6 Å². The zero-order valence-electron chi connectivity index (χ0n) is 6.13. The number of halogens is 1. The number of hydrogen-bond donors (Lipinski definition) is 1. The highest BCUT2D eigenvalue weighted by Gasteiger charge is 2.03. The molecule has 0 aliphatic rings. The molecular weight excluding hydrogens is 202 g/mol. The molecule has 1 rings (SSSR count). The van der Waals surface area contributed by atoms with Gasteiger partial charge in [-0.05, 0) is 11.6 Å². The number of rotatable bonds is 2. The number of benzene rings is 1. The molecule has 0 unspecified atom stereocenters. The summed E-state index contributed by atoms with van der Waals surface area (Å²) in [6.45, 7) is 3.63. The zero-order valence-corrected chi connectivity index (χ0v) is 7.71. The Kier molecular flexibility index (Phi) is 2.85. The van der Waals surface area contributed by atoms with Gasteiger partial charge in [-0.3, -0.25) is 0 Å². The van der Waals surface area contributed by atoms with Crippen LogP contribution in [0.2, 0.25) is 0 Å². The third-order valence-electron chi connectivity index (χ3n) is 1.52. The summed E-state index contributed by atoms with van der Waals surface area (Å²) >= 11 is 3.41. The van der Waals surface area contributed by atoms with Crippen LogP contribution in [0.4, 0.5) is 0 Å². The van der Waals surface area contributed by atoms with Gasteiger partial charge in [0.05, 0.1) is 0 Å². The van der Waals surface area contributed by atoms with Crippen molar-refractivity contribution < 1.29 is 0 Å². The van der Waals surface area contributed by atoms with Gasteiger partial charge in [-0.1, -0.05) is 40.2 Å². The lowest BCUT2D eigenvalue weighted by Crippen LogP contribution is -2.06. The molecule has 0 saturated heterocycles. The normalized spacial score (nSPS) is 12.5. The van der Waals surface area contributed by atoms with Crippen LogP contribution in [-0.4, -0.2) is 0 Å². The van der Waals surface area contributed by atoms with Crippen LogP contribution in [0.3, 0.4) is 0 Å². The molecule has 1 aromatic rings. The van der Waals surface area contributed by atoms with Gasteiger partial charge >= 0.3 is 0 Å². The van der Waals surface area contributed by atoms with E-state index in [0.29, 0.717) is 0 Å². The van der Waals surface area contributed by atoms with E-state index in [2.05, 4.69) is 22.5 Å². The predicted molar refractivity (Wildman–Crippen MR) is 51.3 cm³/mol. The van der Waals surface area contributed by atoms with Crippen molar-refractivity contribution in [2.24, 2.45) is 5.73 Å². The molecule has 0 fully saturated rings. The van der Waals surface area contributed by atoms with Gasteiger partial charge in [0.15, 0.2) is 0 Å². The summed E-state index contributed by atoms with van der Waals surface area (Å²) in [5.41, 5.74) is 6.82. The number of hydrogen-bond acceptors (Lipinski definition) is 1. The van der Waals surface area contributed by atoms with E-state index in [1.54, 1.807) is 6.08 Å². The fraction of sp³-hybridized carbons (Fsp3) is 0.111. The average Bonchev–Trinajstić information content (AvgIpc) is 2.04. The summed E-state index contributed by atoms with van der Waals surface area (Å²) < 4.78 is 1.03. The second-order valence-corrected chi connectivity index (χ2v) is 3.14. The van der Waals surface area contributed by atoms with Crippen LogP contribution >= 0.6 is 15.9 Å². The van der Waals surface area contributed by atoms with Crippen LogP contribution in [0, 0.1) is 0 Å². The van der Waals surface area contributed by atoms with E-state index in [0.717, 1.165) is 10.0 Å². The maximum Gasteiger partial charge on any atom is 0.0489 e. The van der Waals surface area contributed by atoms with Crippen molar-refractivity contribution in [3.63, 3.8) is 0 Å². The monoisotopic (exact) mass is 211 g/mol. The highest BCUT2D eigenvalue weighted by atomic mass is 79.9. The summed E-state index contributed by atoms with van der Waals surface area (Å²) in [7, 11) is 0. The summed E-state index contributed by atoms with van der Waals surface area (Å²) in [4.78, 5) is 0. The third-order valence-corrected chi connectivity index (χ3v) is 2.24. The van der Waals surface area contributed by atoms with E-state index in [9.17, 15) is 0 Å². The number of nitrogens with two attached hydrogens (primary N) is 1. The Balaban J connectivity index is 3.02. The van der Waals surface area contributed by atoms with Gasteiger partial charge in [0, 0.05) is 10.5 Å². The molecule has 1 aromatic carbocycles. The average molecular weight is 212 g/mol. The Morgan fingerprint density at radius 3 is 2.64 bits per heavy atom. The molecule has 1 nitrogen and oxygen atoms in total. The molecular formula is C9H10BrN. The van der Waals surface area contributed by atoms with Gasteiger partial charge in [0.25, 0.3) is 0 Å². The standard InChI is InChI=1S/C9H10BrN/c1-2-9(11)7-5-3-4-6-8(7)10/h2-6,9H,1,11H2/t9-/m0/s1. The smallest absolute Gasteiger partial charge is 0.0489 e. The van der Waals surface area contributed by atoms with Crippen molar-refractivity contribution in [3.05, 3.63) is 47.0 Å². The summed E-state index contributed by atoms with van der Waals surface area (Å²) in [6.07, 6.45) is 1.72. The van der Waals surface area contributed by atoms with E-state index >= 15 is 0 Å². The minimum absolute atomic E-state index is 0.0782. The fourth-order valence-corrected chi connectivity index (χ4v) is 1.42. The predicted octanol–water partition coefficient (Wildman–Crippen LogP) is 2.63. The van der Waals surface area contributed by atoms with Gasteiger partial charge in [0.2, 0.25) is 0 Å². The molecule has 2 heteroatoms. The maximum atomic E-state index is 5.75. The van der Waals surface area contributed by atoms with Gasteiger partial charge in [0.1, 0.15) is 0 Å². The van der Waals surface area contributed by atoms with Crippen LogP contribution in [0.15, 0.2) is 41.4 Å². The molecule has 2 N–H and O–H groups in total. The zero-order chi connectivity index (χ0) is 8.27. The molecule has 0 radical (unpaired) electrons. The molecule has 0 saturated carbocycles. The van der Waals surface area contributed by atoms with Crippen molar-refractivity contribution in [1.29, 1.82) is 0 Å². The van der Waals surface area contributed by atoms with E-state index in [1.807, 2.05) is 24.3 Å². The SMILES string of the molecule is C=C[C@H](N)c1ccccc1Br. The first-order chi connectivity index (χ1) is 5.25. The highest BCUT2D eigenvalue weighted by Crippen LogP contribution is 2.21. The second kappa shape index (κ2) is 3.69. The summed E-state index contributed by atoms with van der Waals surface area (Å²) in [5, 5.41) is 0. The Morgan fingerprint density at radius 1 is 1.45 bits per heavy atom. The van der Waals surface area contributed by atoms with Crippen molar-refractivity contribution in [3.8, 4) is 0 Å². The molecule has 58 valence electrons. The minimum Gasteiger partial charge on any atom is -0.321 e. The molecule has 0 heterocycles. The van der Waals surface area contributed by atoms with E-state index in [-0.39, 0.29) is 6.04 Å². The van der Waals surface area contributed by atoms with E-state index in [4.69, 9.17) is 5.73 Å². The van der Waals surface area contributed by atoms with Gasteiger partial charge in [-0.2, -0.15) is 0 Å². The molecule has 0 aliphatic heterocycles. The Bertz CT molecular complexity index is 257. The lowest BCUT2D eigenvalue weighted by molar-refractivity contribution is 0.908. The van der Waals surface area contributed by atoms with Crippen molar-refractivity contribution in [2.45, 2.75) is 6.04 Å². The lowest BCUT2D eigenvalue weighted by atomic mass is 10.1. The summed E-state index contributed by atoms with van der Waals surface area (Å²) in [5.74, 6) is 0.